The Labute approximate surface area is 167 Å². The van der Waals surface area contributed by atoms with Gasteiger partial charge in [0.15, 0.2) is 6.29 Å². The van der Waals surface area contributed by atoms with Crippen LogP contribution in [0.4, 0.5) is 0 Å². The zero-order valence-electron chi connectivity index (χ0n) is 15.7. The molecule has 0 unspecified atom stereocenters. The van der Waals surface area contributed by atoms with E-state index < -0.39 is 0 Å². The molecule has 0 atom stereocenters. The lowest BCUT2D eigenvalue weighted by atomic mass is 9.95. The van der Waals surface area contributed by atoms with Crippen molar-refractivity contribution in [2.75, 3.05) is 0 Å². The Balaban J connectivity index is 1.95. The van der Waals surface area contributed by atoms with Crippen LogP contribution in [-0.4, -0.2) is 10.9 Å². The second kappa shape index (κ2) is 6.05. The second-order valence-electron chi connectivity index (χ2n) is 7.34. The summed E-state index contributed by atoms with van der Waals surface area (Å²) in [5.41, 5.74) is 4.21. The normalized spacial score (nSPS) is 11.6. The van der Waals surface area contributed by atoms with Crippen LogP contribution in [0, 0.1) is 0 Å². The van der Waals surface area contributed by atoms with E-state index in [1.807, 2.05) is 36.4 Å². The van der Waals surface area contributed by atoms with E-state index in [0.29, 0.717) is 0 Å². The van der Waals surface area contributed by atoms with Crippen molar-refractivity contribution in [1.82, 2.24) is 4.57 Å². The molecule has 6 rings (SSSR count). The molecule has 2 nitrogen and oxygen atoms in total. The Bertz CT molecular complexity index is 1460. The lowest BCUT2D eigenvalue weighted by Gasteiger charge is -2.17. The molecule has 0 spiro atoms. The molecule has 0 radical (unpaired) electrons. The first-order chi connectivity index (χ1) is 14.4. The van der Waals surface area contributed by atoms with E-state index in [-0.39, 0.29) is 0 Å². The van der Waals surface area contributed by atoms with E-state index in [9.17, 15) is 4.79 Å². The van der Waals surface area contributed by atoms with Crippen LogP contribution in [0.1, 0.15) is 10.4 Å². The maximum atomic E-state index is 12.1. The van der Waals surface area contributed by atoms with Crippen LogP contribution in [0.5, 0.6) is 0 Å². The first-order valence-corrected chi connectivity index (χ1v) is 9.75. The van der Waals surface area contributed by atoms with Gasteiger partial charge in [-0.1, -0.05) is 84.9 Å². The Morgan fingerprint density at radius 2 is 0.862 bits per heavy atom. The van der Waals surface area contributed by atoms with Crippen LogP contribution in [-0.2, 0) is 0 Å². The molecule has 1 heterocycles. The van der Waals surface area contributed by atoms with Crippen molar-refractivity contribution in [2.45, 2.75) is 0 Å². The van der Waals surface area contributed by atoms with E-state index in [2.05, 4.69) is 65.2 Å². The van der Waals surface area contributed by atoms with Crippen LogP contribution >= 0.6 is 0 Å². The highest BCUT2D eigenvalue weighted by Crippen LogP contribution is 2.39. The first kappa shape index (κ1) is 16.1. The van der Waals surface area contributed by atoms with Gasteiger partial charge >= 0.3 is 0 Å². The van der Waals surface area contributed by atoms with E-state index in [1.165, 1.54) is 21.8 Å². The molecule has 0 fully saturated rings. The summed E-state index contributed by atoms with van der Waals surface area (Å²) in [5.74, 6) is 0. The minimum absolute atomic E-state index is 0.751. The lowest BCUT2D eigenvalue weighted by Crippen LogP contribution is -1.99. The summed E-state index contributed by atoms with van der Waals surface area (Å²) in [7, 11) is 0. The predicted octanol–water partition coefficient (Wildman–Crippen LogP) is 6.90. The number of fused-ring (bicyclic) bond motifs is 5. The Hall–Kier alpha value is -3.91. The van der Waals surface area contributed by atoms with Gasteiger partial charge in [0, 0.05) is 27.1 Å². The Morgan fingerprint density at radius 1 is 0.483 bits per heavy atom. The molecule has 0 N–H and O–H groups in total. The number of hydrogen-bond donors (Lipinski definition) is 0. The van der Waals surface area contributed by atoms with E-state index in [1.54, 1.807) is 0 Å². The molecule has 0 aliphatic heterocycles. The van der Waals surface area contributed by atoms with Crippen LogP contribution in [0.2, 0.25) is 0 Å². The number of benzene rings is 5. The minimum atomic E-state index is 0.751. The highest BCUT2D eigenvalue weighted by molar-refractivity contribution is 6.20. The zero-order valence-corrected chi connectivity index (χ0v) is 15.7. The third kappa shape index (κ3) is 2.14. The monoisotopic (exact) mass is 371 g/mol. The van der Waals surface area contributed by atoms with Gasteiger partial charge in [-0.2, -0.15) is 0 Å². The number of aldehydes is 1. The SMILES string of the molecule is O=Cc1c2ccccc2c(-n2c3ccccc3c3ccccc32)c2ccccc12. The van der Waals surface area contributed by atoms with Crippen molar-refractivity contribution in [2.24, 2.45) is 0 Å². The number of nitrogens with zero attached hydrogens (tertiary/aromatic N) is 1. The molecule has 136 valence electrons. The molecule has 2 heteroatoms. The summed E-state index contributed by atoms with van der Waals surface area (Å²) < 4.78 is 2.35. The van der Waals surface area contributed by atoms with E-state index in [4.69, 9.17) is 0 Å². The molecule has 29 heavy (non-hydrogen) atoms. The van der Waals surface area contributed by atoms with Crippen LogP contribution in [0.15, 0.2) is 97.1 Å². The third-order valence-corrected chi connectivity index (χ3v) is 5.87. The quantitative estimate of drug-likeness (QED) is 0.240. The average Bonchev–Trinajstić information content (AvgIpc) is 3.12. The summed E-state index contributed by atoms with van der Waals surface area (Å²) in [6, 6.07) is 33.5. The lowest BCUT2D eigenvalue weighted by molar-refractivity contribution is 0.112. The highest BCUT2D eigenvalue weighted by Gasteiger charge is 2.18. The maximum absolute atomic E-state index is 12.1. The number of para-hydroxylation sites is 2. The molecule has 0 aliphatic rings. The van der Waals surface area contributed by atoms with Gasteiger partial charge in [-0.25, -0.2) is 0 Å². The zero-order chi connectivity index (χ0) is 19.4. The summed E-state index contributed by atoms with van der Waals surface area (Å²) >= 11 is 0. The van der Waals surface area contributed by atoms with Crippen molar-refractivity contribution in [1.29, 1.82) is 0 Å². The van der Waals surface area contributed by atoms with Gasteiger partial charge in [0.05, 0.1) is 16.7 Å². The van der Waals surface area contributed by atoms with Crippen LogP contribution < -0.4 is 0 Å². The van der Waals surface area contributed by atoms with Crippen LogP contribution in [0.25, 0.3) is 49.0 Å². The van der Waals surface area contributed by atoms with Crippen molar-refractivity contribution in [3.8, 4) is 5.69 Å². The largest absolute Gasteiger partial charge is 0.308 e. The van der Waals surface area contributed by atoms with Crippen molar-refractivity contribution < 1.29 is 4.79 Å². The van der Waals surface area contributed by atoms with Crippen LogP contribution in [0.3, 0.4) is 0 Å². The Morgan fingerprint density at radius 3 is 1.31 bits per heavy atom. The number of rotatable bonds is 2. The van der Waals surface area contributed by atoms with E-state index in [0.717, 1.165) is 39.1 Å². The minimum Gasteiger partial charge on any atom is -0.308 e. The van der Waals surface area contributed by atoms with Gasteiger partial charge in [-0.3, -0.25) is 4.79 Å². The molecule has 0 saturated carbocycles. The topological polar surface area (TPSA) is 22.0 Å². The summed E-state index contributed by atoms with van der Waals surface area (Å²) in [6.07, 6.45) is 0.986. The van der Waals surface area contributed by atoms with Gasteiger partial charge in [-0.15, -0.1) is 0 Å². The molecule has 6 aromatic rings. The molecule has 0 amide bonds. The summed E-state index contributed by atoms with van der Waals surface area (Å²) in [5, 5.41) is 6.60. The second-order valence-corrected chi connectivity index (χ2v) is 7.34. The fourth-order valence-corrected chi connectivity index (χ4v) is 4.67. The molecule has 0 saturated heterocycles. The average molecular weight is 371 g/mol. The molecule has 5 aromatic carbocycles. The van der Waals surface area contributed by atoms with Gasteiger partial charge in [0.1, 0.15) is 0 Å². The molecule has 0 bridgehead atoms. The fraction of sp³-hybridized carbons (Fsp3) is 0. The van der Waals surface area contributed by atoms with Gasteiger partial charge in [0.2, 0.25) is 0 Å². The third-order valence-electron chi connectivity index (χ3n) is 5.87. The smallest absolute Gasteiger partial charge is 0.151 e. The van der Waals surface area contributed by atoms with E-state index >= 15 is 0 Å². The number of aromatic nitrogens is 1. The van der Waals surface area contributed by atoms with Crippen molar-refractivity contribution >= 4 is 49.6 Å². The van der Waals surface area contributed by atoms with Gasteiger partial charge in [-0.05, 0) is 22.9 Å². The first-order valence-electron chi connectivity index (χ1n) is 9.75. The highest BCUT2D eigenvalue weighted by atomic mass is 16.1. The molecule has 1 aromatic heterocycles. The number of carbonyl (C=O) groups excluding carboxylic acids is 1. The fourth-order valence-electron chi connectivity index (χ4n) is 4.67. The van der Waals surface area contributed by atoms with Gasteiger partial charge in [0.25, 0.3) is 0 Å². The molecule has 0 aliphatic carbocycles. The summed E-state index contributed by atoms with van der Waals surface area (Å²) in [6.45, 7) is 0. The summed E-state index contributed by atoms with van der Waals surface area (Å²) in [4.78, 5) is 12.1. The van der Waals surface area contributed by atoms with Crippen molar-refractivity contribution in [3.63, 3.8) is 0 Å². The Kier molecular flexibility index (Phi) is 3.35. The standard InChI is InChI=1S/C27H17NO/c29-17-24-18-9-1-3-13-22(18)27(23-14-4-2-10-19(23)24)28-25-15-7-5-11-20(25)21-12-6-8-16-26(21)28/h1-17H. The number of carbonyl (C=O) groups is 1. The molecular formula is C27H17NO. The predicted molar refractivity (Wildman–Crippen MR) is 121 cm³/mol. The maximum Gasteiger partial charge on any atom is 0.151 e. The number of hydrogen-bond acceptors (Lipinski definition) is 1. The molecular weight excluding hydrogens is 354 g/mol. The van der Waals surface area contributed by atoms with Gasteiger partial charge < -0.3 is 4.57 Å². The van der Waals surface area contributed by atoms with Crippen molar-refractivity contribution in [3.05, 3.63) is 103 Å².